The fourth-order valence-electron chi connectivity index (χ4n) is 2.41. The van der Waals surface area contributed by atoms with Crippen LogP contribution < -0.4 is 15.4 Å². The van der Waals surface area contributed by atoms with Crippen LogP contribution in [-0.4, -0.2) is 29.0 Å². The number of carbonyl (C=O) groups excluding carboxylic acids is 1. The fraction of sp³-hybridized carbons (Fsp3) is 0.412. The minimum Gasteiger partial charge on any atom is -0.435 e. The summed E-state index contributed by atoms with van der Waals surface area (Å²) < 4.78 is 30.6. The molecule has 1 atom stereocenters. The first-order valence-electron chi connectivity index (χ1n) is 7.94. The molecule has 0 bridgehead atoms. The third-order valence-corrected chi connectivity index (χ3v) is 3.52. The van der Waals surface area contributed by atoms with Crippen molar-refractivity contribution in [1.29, 1.82) is 0 Å². The monoisotopic (exact) mass is 352 g/mol. The van der Waals surface area contributed by atoms with Crippen molar-refractivity contribution in [2.24, 2.45) is 5.92 Å². The highest BCUT2D eigenvalue weighted by Crippen LogP contribution is 2.19. The molecule has 25 heavy (non-hydrogen) atoms. The number of halogens is 2. The second kappa shape index (κ2) is 8.46. The summed E-state index contributed by atoms with van der Waals surface area (Å²) in [5.74, 6) is 0.169. The summed E-state index contributed by atoms with van der Waals surface area (Å²) in [6, 6.07) is 7.45. The maximum absolute atomic E-state index is 12.2. The SMILES string of the molecule is Cc1cc(C)n(C[C@@H](C)CNC(=O)Nc2cccc(OC(F)F)c2)n1. The third kappa shape index (κ3) is 6.06. The highest BCUT2D eigenvalue weighted by atomic mass is 19.3. The zero-order chi connectivity index (χ0) is 18.4. The van der Waals surface area contributed by atoms with Gasteiger partial charge in [-0.15, -0.1) is 0 Å². The molecule has 1 aromatic heterocycles. The van der Waals surface area contributed by atoms with Crippen LogP contribution in [0.5, 0.6) is 5.75 Å². The number of alkyl halides is 2. The first-order chi connectivity index (χ1) is 11.8. The van der Waals surface area contributed by atoms with Gasteiger partial charge in [0.2, 0.25) is 0 Å². The van der Waals surface area contributed by atoms with E-state index in [0.717, 1.165) is 11.4 Å². The van der Waals surface area contributed by atoms with Crippen molar-refractivity contribution in [2.75, 3.05) is 11.9 Å². The van der Waals surface area contributed by atoms with E-state index >= 15 is 0 Å². The number of rotatable bonds is 7. The number of nitrogens with zero attached hydrogens (tertiary/aromatic N) is 2. The normalized spacial score (nSPS) is 12.1. The molecule has 2 amide bonds. The number of nitrogens with one attached hydrogen (secondary N) is 2. The van der Waals surface area contributed by atoms with Crippen molar-refractivity contribution in [3.63, 3.8) is 0 Å². The Labute approximate surface area is 145 Å². The Morgan fingerprint density at radius 1 is 1.32 bits per heavy atom. The second-order valence-corrected chi connectivity index (χ2v) is 5.96. The van der Waals surface area contributed by atoms with Gasteiger partial charge < -0.3 is 15.4 Å². The lowest BCUT2D eigenvalue weighted by atomic mass is 10.2. The van der Waals surface area contributed by atoms with Crippen molar-refractivity contribution >= 4 is 11.7 Å². The van der Waals surface area contributed by atoms with E-state index in [1.54, 1.807) is 6.07 Å². The summed E-state index contributed by atoms with van der Waals surface area (Å²) in [6.45, 7) is 4.18. The summed E-state index contributed by atoms with van der Waals surface area (Å²) >= 11 is 0. The van der Waals surface area contributed by atoms with E-state index in [2.05, 4.69) is 20.5 Å². The largest absolute Gasteiger partial charge is 0.435 e. The zero-order valence-electron chi connectivity index (χ0n) is 14.4. The quantitative estimate of drug-likeness (QED) is 0.801. The highest BCUT2D eigenvalue weighted by molar-refractivity contribution is 5.89. The number of aryl methyl sites for hydroxylation is 2. The average molecular weight is 352 g/mol. The van der Waals surface area contributed by atoms with Gasteiger partial charge in [-0.25, -0.2) is 4.79 Å². The molecular weight excluding hydrogens is 330 g/mol. The molecule has 2 N–H and O–H groups in total. The number of aromatic nitrogens is 2. The lowest BCUT2D eigenvalue weighted by molar-refractivity contribution is -0.0497. The molecule has 2 rings (SSSR count). The number of hydrogen-bond donors (Lipinski definition) is 2. The Hall–Kier alpha value is -2.64. The summed E-state index contributed by atoms with van der Waals surface area (Å²) in [4.78, 5) is 11.9. The molecule has 0 unspecified atom stereocenters. The average Bonchev–Trinajstić information content (AvgIpc) is 2.82. The van der Waals surface area contributed by atoms with Crippen LogP contribution in [0.2, 0.25) is 0 Å². The number of benzene rings is 1. The molecule has 0 spiro atoms. The van der Waals surface area contributed by atoms with Crippen molar-refractivity contribution in [2.45, 2.75) is 33.9 Å². The van der Waals surface area contributed by atoms with Crippen molar-refractivity contribution in [3.8, 4) is 5.75 Å². The van der Waals surface area contributed by atoms with E-state index in [1.807, 2.05) is 31.5 Å². The van der Waals surface area contributed by atoms with Crippen molar-refractivity contribution in [3.05, 3.63) is 41.7 Å². The molecule has 1 heterocycles. The predicted molar refractivity (Wildman–Crippen MR) is 91.0 cm³/mol. The number of anilines is 1. The van der Waals surface area contributed by atoms with Gasteiger partial charge in [0.15, 0.2) is 0 Å². The standard InChI is InChI=1S/C17H22F2N4O2/c1-11(10-23-13(3)7-12(2)22-23)9-20-17(24)21-14-5-4-6-15(8-14)25-16(18)19/h4-8,11,16H,9-10H2,1-3H3,(H2,20,21,24)/t11-/m0/s1. The third-order valence-electron chi connectivity index (χ3n) is 3.52. The molecule has 1 aromatic carbocycles. The van der Waals surface area contributed by atoms with E-state index in [-0.39, 0.29) is 11.7 Å². The van der Waals surface area contributed by atoms with Crippen LogP contribution in [0.3, 0.4) is 0 Å². The second-order valence-electron chi connectivity index (χ2n) is 5.96. The smallest absolute Gasteiger partial charge is 0.387 e. The highest BCUT2D eigenvalue weighted by Gasteiger charge is 2.10. The van der Waals surface area contributed by atoms with Gasteiger partial charge >= 0.3 is 12.6 Å². The van der Waals surface area contributed by atoms with E-state index in [1.165, 1.54) is 18.2 Å². The van der Waals surface area contributed by atoms with Gasteiger partial charge in [-0.1, -0.05) is 13.0 Å². The Morgan fingerprint density at radius 2 is 2.08 bits per heavy atom. The van der Waals surface area contributed by atoms with E-state index < -0.39 is 12.6 Å². The molecule has 8 heteroatoms. The van der Waals surface area contributed by atoms with Gasteiger partial charge in [-0.2, -0.15) is 13.9 Å². The predicted octanol–water partition coefficient (Wildman–Crippen LogP) is 3.56. The van der Waals surface area contributed by atoms with E-state index in [0.29, 0.717) is 18.8 Å². The zero-order valence-corrected chi connectivity index (χ0v) is 14.4. The lowest BCUT2D eigenvalue weighted by Crippen LogP contribution is -2.33. The molecule has 0 aliphatic heterocycles. The Balaban J connectivity index is 1.81. The molecule has 0 fully saturated rings. The molecule has 6 nitrogen and oxygen atoms in total. The Kier molecular flexibility index (Phi) is 6.32. The van der Waals surface area contributed by atoms with Crippen LogP contribution in [0.4, 0.5) is 19.3 Å². The van der Waals surface area contributed by atoms with Gasteiger partial charge in [-0.3, -0.25) is 4.68 Å². The van der Waals surface area contributed by atoms with Gasteiger partial charge in [0.25, 0.3) is 0 Å². The van der Waals surface area contributed by atoms with E-state index in [9.17, 15) is 13.6 Å². The number of hydrogen-bond acceptors (Lipinski definition) is 3. The molecule has 0 saturated heterocycles. The van der Waals surface area contributed by atoms with Crippen LogP contribution in [0.15, 0.2) is 30.3 Å². The molecular formula is C17H22F2N4O2. The summed E-state index contributed by atoms with van der Waals surface area (Å²) in [5, 5.41) is 9.74. The van der Waals surface area contributed by atoms with Crippen LogP contribution in [0, 0.1) is 19.8 Å². The summed E-state index contributed by atoms with van der Waals surface area (Å²) in [6.07, 6.45) is 0. The Bertz CT molecular complexity index is 718. The molecule has 0 radical (unpaired) electrons. The van der Waals surface area contributed by atoms with E-state index in [4.69, 9.17) is 0 Å². The number of ether oxygens (including phenoxy) is 1. The van der Waals surface area contributed by atoms with Gasteiger partial charge in [-0.05, 0) is 38.0 Å². The van der Waals surface area contributed by atoms with Gasteiger partial charge in [0, 0.05) is 30.5 Å². The lowest BCUT2D eigenvalue weighted by Gasteiger charge is -2.15. The number of carbonyl (C=O) groups is 1. The first-order valence-corrected chi connectivity index (χ1v) is 7.94. The molecule has 0 aliphatic rings. The van der Waals surface area contributed by atoms with Crippen LogP contribution in [0.25, 0.3) is 0 Å². The van der Waals surface area contributed by atoms with Crippen LogP contribution in [-0.2, 0) is 6.54 Å². The van der Waals surface area contributed by atoms with Crippen LogP contribution in [0.1, 0.15) is 18.3 Å². The minimum absolute atomic E-state index is 0.00862. The van der Waals surface area contributed by atoms with Crippen LogP contribution >= 0.6 is 0 Å². The van der Waals surface area contributed by atoms with Gasteiger partial charge in [0.1, 0.15) is 5.75 Å². The van der Waals surface area contributed by atoms with Crippen molar-refractivity contribution < 1.29 is 18.3 Å². The number of amides is 2. The topological polar surface area (TPSA) is 68.2 Å². The van der Waals surface area contributed by atoms with Gasteiger partial charge in [0.05, 0.1) is 5.69 Å². The summed E-state index contributed by atoms with van der Waals surface area (Å²) in [7, 11) is 0. The maximum atomic E-state index is 12.2. The maximum Gasteiger partial charge on any atom is 0.387 e. The molecule has 0 aliphatic carbocycles. The fourth-order valence-corrected chi connectivity index (χ4v) is 2.41. The molecule has 2 aromatic rings. The summed E-state index contributed by atoms with van der Waals surface area (Å²) in [5.41, 5.74) is 2.41. The molecule has 136 valence electrons. The molecule has 0 saturated carbocycles. The Morgan fingerprint density at radius 3 is 2.72 bits per heavy atom. The number of urea groups is 1. The first kappa shape index (κ1) is 18.7. The minimum atomic E-state index is -2.90. The van der Waals surface area contributed by atoms with Crippen molar-refractivity contribution in [1.82, 2.24) is 15.1 Å².